The highest BCUT2D eigenvalue weighted by atomic mass is 35.5. The number of aromatic hydroxyl groups is 1. The zero-order valence-corrected chi connectivity index (χ0v) is 20.1. The summed E-state index contributed by atoms with van der Waals surface area (Å²) < 4.78 is 4.76. The van der Waals surface area contributed by atoms with Gasteiger partial charge in [0.25, 0.3) is 5.91 Å². The van der Waals surface area contributed by atoms with Gasteiger partial charge in [-0.25, -0.2) is 4.79 Å². The number of rotatable bonds is 6. The Morgan fingerprint density at radius 2 is 1.83 bits per heavy atom. The van der Waals surface area contributed by atoms with E-state index in [0.29, 0.717) is 33.3 Å². The number of thiophene rings is 1. The monoisotopic (exact) mass is 507 g/mol. The highest BCUT2D eigenvalue weighted by Crippen LogP contribution is 2.41. The van der Waals surface area contributed by atoms with Gasteiger partial charge < -0.3 is 15.2 Å². The van der Waals surface area contributed by atoms with Crippen LogP contribution in [-0.4, -0.2) is 30.4 Å². The van der Waals surface area contributed by atoms with E-state index in [2.05, 4.69) is 15.5 Å². The maximum absolute atomic E-state index is 13.0. The number of anilines is 1. The number of benzene rings is 3. The molecule has 0 unspecified atom stereocenters. The van der Waals surface area contributed by atoms with Crippen LogP contribution in [0, 0.1) is 6.92 Å². The number of fused-ring (bicyclic) bond motifs is 1. The standard InChI is InChI=1S/C25H18ClN3O5S/c1-13-17(12-30)24(35-22(13)25(33)34-2)29-28-20-15-8-4-3-7-14(15)11-16(21(20)31)23(32)27-19-10-6-5-9-18(19)26/h3-12,31H,1-2H3,(H,27,32)/b29-28+. The molecular weight excluding hydrogens is 490 g/mol. The van der Waals surface area contributed by atoms with Crippen LogP contribution in [-0.2, 0) is 4.74 Å². The van der Waals surface area contributed by atoms with Gasteiger partial charge in [0, 0.05) is 5.39 Å². The number of carbonyl (C=O) groups is 3. The number of aldehydes is 1. The highest BCUT2D eigenvalue weighted by Gasteiger charge is 2.22. The summed E-state index contributed by atoms with van der Waals surface area (Å²) in [6.07, 6.45) is 0.581. The molecule has 0 aliphatic rings. The molecule has 0 aliphatic heterocycles. The predicted molar refractivity (Wildman–Crippen MR) is 135 cm³/mol. The number of halogens is 1. The largest absolute Gasteiger partial charge is 0.505 e. The van der Waals surface area contributed by atoms with Gasteiger partial charge in [0.15, 0.2) is 12.0 Å². The van der Waals surface area contributed by atoms with Crippen LogP contribution < -0.4 is 5.32 Å². The van der Waals surface area contributed by atoms with Crippen molar-refractivity contribution in [2.45, 2.75) is 6.92 Å². The molecule has 0 radical (unpaired) electrons. The molecule has 2 N–H and O–H groups in total. The first-order valence-electron chi connectivity index (χ1n) is 10.2. The van der Waals surface area contributed by atoms with E-state index in [-0.39, 0.29) is 26.7 Å². The lowest BCUT2D eigenvalue weighted by molar-refractivity contribution is 0.0605. The Morgan fingerprint density at radius 1 is 1.11 bits per heavy atom. The molecular formula is C25H18ClN3O5S. The van der Waals surface area contributed by atoms with Gasteiger partial charge in [-0.15, -0.1) is 21.6 Å². The van der Waals surface area contributed by atoms with Crippen LogP contribution in [0.2, 0.25) is 5.02 Å². The predicted octanol–water partition coefficient (Wildman–Crippen LogP) is 6.84. The van der Waals surface area contributed by atoms with Crippen LogP contribution in [0.1, 0.15) is 36.0 Å². The number of hydrogen-bond donors (Lipinski definition) is 2. The Balaban J connectivity index is 1.81. The van der Waals surface area contributed by atoms with Crippen LogP contribution in [0.3, 0.4) is 0 Å². The molecule has 0 spiro atoms. The quantitative estimate of drug-likeness (QED) is 0.168. The molecule has 0 saturated heterocycles. The summed E-state index contributed by atoms with van der Waals surface area (Å²) in [6, 6.07) is 15.3. The summed E-state index contributed by atoms with van der Waals surface area (Å²) in [7, 11) is 1.24. The highest BCUT2D eigenvalue weighted by molar-refractivity contribution is 7.18. The lowest BCUT2D eigenvalue weighted by Gasteiger charge is -2.11. The van der Waals surface area contributed by atoms with E-state index in [1.54, 1.807) is 55.5 Å². The summed E-state index contributed by atoms with van der Waals surface area (Å²) >= 11 is 7.09. The number of phenols is 1. The van der Waals surface area contributed by atoms with Gasteiger partial charge in [-0.2, -0.15) is 0 Å². The van der Waals surface area contributed by atoms with Crippen molar-refractivity contribution in [3.63, 3.8) is 0 Å². The molecule has 3 aromatic carbocycles. The SMILES string of the molecule is COC(=O)c1sc(/N=N/c2c(O)c(C(=O)Nc3ccccc3Cl)cc3ccccc23)c(C=O)c1C. The first kappa shape index (κ1) is 24.1. The van der Waals surface area contributed by atoms with E-state index in [9.17, 15) is 19.5 Å². The number of methoxy groups -OCH3 is 1. The van der Waals surface area contributed by atoms with Gasteiger partial charge >= 0.3 is 5.97 Å². The maximum Gasteiger partial charge on any atom is 0.348 e. The van der Waals surface area contributed by atoms with Gasteiger partial charge in [-0.05, 0) is 36.1 Å². The zero-order valence-electron chi connectivity index (χ0n) is 18.5. The van der Waals surface area contributed by atoms with E-state index in [1.807, 2.05) is 0 Å². The fourth-order valence-electron chi connectivity index (χ4n) is 3.45. The van der Waals surface area contributed by atoms with E-state index in [1.165, 1.54) is 13.2 Å². The molecule has 10 heteroatoms. The average Bonchev–Trinajstić information content (AvgIpc) is 3.19. The van der Waals surface area contributed by atoms with Crippen LogP contribution >= 0.6 is 22.9 Å². The Kier molecular flexibility index (Phi) is 6.90. The molecule has 0 bridgehead atoms. The third kappa shape index (κ3) is 4.64. The van der Waals surface area contributed by atoms with Crippen molar-refractivity contribution in [3.8, 4) is 5.75 Å². The normalized spacial score (nSPS) is 11.1. The molecule has 1 aromatic heterocycles. The molecule has 1 heterocycles. The number of amides is 1. The van der Waals surface area contributed by atoms with Crippen LogP contribution in [0.15, 0.2) is 64.8 Å². The lowest BCUT2D eigenvalue weighted by Crippen LogP contribution is -2.12. The second-order valence-corrected chi connectivity index (χ2v) is 8.77. The first-order chi connectivity index (χ1) is 16.8. The minimum absolute atomic E-state index is 0.0363. The van der Waals surface area contributed by atoms with Crippen LogP contribution in [0.4, 0.5) is 16.4 Å². The average molecular weight is 508 g/mol. The van der Waals surface area contributed by atoms with Gasteiger partial charge in [0.1, 0.15) is 15.6 Å². The number of carbonyl (C=O) groups excluding carboxylic acids is 3. The molecule has 0 atom stereocenters. The second-order valence-electron chi connectivity index (χ2n) is 7.36. The van der Waals surface area contributed by atoms with E-state index in [4.69, 9.17) is 16.3 Å². The van der Waals surface area contributed by atoms with E-state index < -0.39 is 17.6 Å². The van der Waals surface area contributed by atoms with E-state index in [0.717, 1.165) is 11.3 Å². The molecule has 4 rings (SSSR count). The number of nitrogens with one attached hydrogen (secondary N) is 1. The summed E-state index contributed by atoms with van der Waals surface area (Å²) in [5.74, 6) is -1.58. The maximum atomic E-state index is 13.0. The van der Waals surface area contributed by atoms with Gasteiger partial charge in [-0.1, -0.05) is 48.0 Å². The topological polar surface area (TPSA) is 117 Å². The smallest absolute Gasteiger partial charge is 0.348 e. The fraction of sp³-hybridized carbons (Fsp3) is 0.0800. The third-order valence-electron chi connectivity index (χ3n) is 5.27. The molecule has 4 aromatic rings. The van der Waals surface area contributed by atoms with Crippen molar-refractivity contribution in [2.24, 2.45) is 10.2 Å². The summed E-state index contributed by atoms with van der Waals surface area (Å²) in [4.78, 5) is 36.9. The fourth-order valence-corrected chi connectivity index (χ4v) is 4.65. The van der Waals surface area contributed by atoms with Crippen molar-refractivity contribution >= 4 is 68.2 Å². The van der Waals surface area contributed by atoms with Gasteiger partial charge in [0.05, 0.1) is 28.9 Å². The Hall–Kier alpha value is -4.08. The molecule has 176 valence electrons. The number of ether oxygens (including phenoxy) is 1. The molecule has 0 aliphatic carbocycles. The molecule has 35 heavy (non-hydrogen) atoms. The Bertz CT molecular complexity index is 1510. The van der Waals surface area contributed by atoms with Gasteiger partial charge in [-0.3, -0.25) is 9.59 Å². The molecule has 0 fully saturated rings. The Morgan fingerprint density at radius 3 is 2.54 bits per heavy atom. The summed E-state index contributed by atoms with van der Waals surface area (Å²) in [5, 5.41) is 23.7. The summed E-state index contributed by atoms with van der Waals surface area (Å²) in [5.41, 5.74) is 0.999. The number of hydrogen-bond acceptors (Lipinski definition) is 8. The molecule has 8 nitrogen and oxygen atoms in total. The summed E-state index contributed by atoms with van der Waals surface area (Å²) in [6.45, 7) is 1.61. The van der Waals surface area contributed by atoms with Crippen molar-refractivity contribution in [1.29, 1.82) is 0 Å². The number of nitrogens with zero attached hydrogens (tertiary/aromatic N) is 2. The van der Waals surface area contributed by atoms with Crippen molar-refractivity contribution in [2.75, 3.05) is 12.4 Å². The number of phenolic OH excluding ortho intramolecular Hbond substituents is 1. The second kappa shape index (κ2) is 10.0. The van der Waals surface area contributed by atoms with E-state index >= 15 is 0 Å². The van der Waals surface area contributed by atoms with Crippen molar-refractivity contribution in [1.82, 2.24) is 0 Å². The third-order valence-corrected chi connectivity index (χ3v) is 6.77. The van der Waals surface area contributed by atoms with Crippen molar-refractivity contribution in [3.05, 3.63) is 81.2 Å². The number of para-hydroxylation sites is 1. The van der Waals surface area contributed by atoms with Crippen LogP contribution in [0.25, 0.3) is 10.8 Å². The molecule has 0 saturated carbocycles. The minimum atomic E-state index is -0.594. The first-order valence-corrected chi connectivity index (χ1v) is 11.4. The minimum Gasteiger partial charge on any atom is -0.505 e. The van der Waals surface area contributed by atoms with Crippen molar-refractivity contribution < 1.29 is 24.2 Å². The number of azo groups is 1. The van der Waals surface area contributed by atoms with Crippen LogP contribution in [0.5, 0.6) is 5.75 Å². The molecule has 1 amide bonds. The Labute approximate surface area is 208 Å². The zero-order chi connectivity index (χ0) is 25.1. The van der Waals surface area contributed by atoms with Gasteiger partial charge in [0.2, 0.25) is 0 Å². The number of esters is 1. The lowest BCUT2D eigenvalue weighted by atomic mass is 10.0.